The lowest BCUT2D eigenvalue weighted by atomic mass is 10.3. The van der Waals surface area contributed by atoms with Crippen molar-refractivity contribution in [3.05, 3.63) is 47.6 Å². The largest absolute Gasteiger partial charge is 0.354 e. The number of hydrogen-bond acceptors (Lipinski definition) is 8. The summed E-state index contributed by atoms with van der Waals surface area (Å²) in [6, 6.07) is 5.23. The Kier molecular flexibility index (Phi) is 6.03. The molecule has 0 atom stereocenters. The first kappa shape index (κ1) is 21.4. The molecule has 12 heteroatoms. The van der Waals surface area contributed by atoms with Crippen LogP contribution in [0.3, 0.4) is 0 Å². The van der Waals surface area contributed by atoms with Gasteiger partial charge in [0.15, 0.2) is 0 Å². The second-order valence-electron chi connectivity index (χ2n) is 7.10. The maximum Gasteiger partial charge on any atom is 0.252 e. The van der Waals surface area contributed by atoms with Crippen LogP contribution in [-0.4, -0.2) is 64.3 Å². The molecule has 31 heavy (non-hydrogen) atoms. The predicted molar refractivity (Wildman–Crippen MR) is 117 cm³/mol. The Morgan fingerprint density at radius 2 is 1.87 bits per heavy atom. The summed E-state index contributed by atoms with van der Waals surface area (Å²) in [6.07, 6.45) is 5.07. The first-order valence-electron chi connectivity index (χ1n) is 9.75. The van der Waals surface area contributed by atoms with E-state index in [4.69, 9.17) is 0 Å². The van der Waals surface area contributed by atoms with Crippen molar-refractivity contribution in [1.82, 2.24) is 29.1 Å². The molecule has 0 radical (unpaired) electrons. The molecule has 0 aliphatic carbocycles. The molecule has 4 rings (SSSR count). The van der Waals surface area contributed by atoms with Gasteiger partial charge in [-0.05, 0) is 19.1 Å². The van der Waals surface area contributed by atoms with Crippen LogP contribution in [0.5, 0.6) is 0 Å². The van der Waals surface area contributed by atoms with Crippen molar-refractivity contribution in [3.8, 4) is 5.82 Å². The zero-order valence-electron chi connectivity index (χ0n) is 17.2. The number of sulfonamides is 1. The van der Waals surface area contributed by atoms with Gasteiger partial charge in [-0.25, -0.2) is 23.4 Å². The second kappa shape index (κ2) is 8.73. The summed E-state index contributed by atoms with van der Waals surface area (Å²) < 4.78 is 29.7. The van der Waals surface area contributed by atoms with Gasteiger partial charge in [-0.3, -0.25) is 9.36 Å². The van der Waals surface area contributed by atoms with E-state index in [0.717, 1.165) is 22.3 Å². The minimum Gasteiger partial charge on any atom is -0.354 e. The maximum atomic E-state index is 13.0. The first-order chi connectivity index (χ1) is 14.8. The van der Waals surface area contributed by atoms with Crippen molar-refractivity contribution in [3.63, 3.8) is 0 Å². The van der Waals surface area contributed by atoms with Crippen LogP contribution in [0.25, 0.3) is 5.82 Å². The average Bonchev–Trinajstić information content (AvgIpc) is 3.42. The van der Waals surface area contributed by atoms with Gasteiger partial charge in [-0.15, -0.1) is 11.3 Å². The van der Waals surface area contributed by atoms with Crippen molar-refractivity contribution in [1.29, 1.82) is 0 Å². The van der Waals surface area contributed by atoms with Crippen molar-refractivity contribution in [2.24, 2.45) is 0 Å². The van der Waals surface area contributed by atoms with Gasteiger partial charge in [0.25, 0.3) is 10.0 Å². The summed E-state index contributed by atoms with van der Waals surface area (Å²) in [5.74, 6) is 2.16. The number of anilines is 1. The summed E-state index contributed by atoms with van der Waals surface area (Å²) >= 11 is 1.19. The van der Waals surface area contributed by atoms with E-state index in [1.807, 2.05) is 23.8 Å². The van der Waals surface area contributed by atoms with Gasteiger partial charge < -0.3 is 10.2 Å². The number of nitrogens with one attached hydrogen (secondary N) is 1. The zero-order valence-corrected chi connectivity index (χ0v) is 18.9. The topological polar surface area (TPSA) is 113 Å². The number of rotatable bonds is 6. The molecule has 1 aliphatic rings. The van der Waals surface area contributed by atoms with Crippen LogP contribution in [0.4, 0.5) is 5.82 Å². The summed E-state index contributed by atoms with van der Waals surface area (Å²) in [5, 5.41) is 2.69. The molecule has 3 aromatic rings. The van der Waals surface area contributed by atoms with E-state index in [-0.39, 0.29) is 5.91 Å². The summed E-state index contributed by atoms with van der Waals surface area (Å²) in [7, 11) is -3.57. The number of aryl methyl sites for hydroxylation is 1. The number of carbonyl (C=O) groups excluding carboxylic acids is 1. The molecule has 10 nitrogen and oxygen atoms in total. The SMILES string of the molecule is CC(=O)NCc1ccc(S(=O)(=O)N2CCN(c3cc(-n4ccnc4C)ncn3)CC2)s1. The van der Waals surface area contributed by atoms with Crippen LogP contribution in [0.15, 0.2) is 41.1 Å². The fraction of sp³-hybridized carbons (Fsp3) is 0.368. The fourth-order valence-electron chi connectivity index (χ4n) is 3.35. The van der Waals surface area contributed by atoms with Crippen molar-refractivity contribution in [2.75, 3.05) is 31.1 Å². The minimum absolute atomic E-state index is 0.148. The third-order valence-corrected chi connectivity index (χ3v) is 8.47. The molecular weight excluding hydrogens is 438 g/mol. The molecule has 1 aliphatic heterocycles. The lowest BCUT2D eigenvalue weighted by Gasteiger charge is -2.34. The lowest BCUT2D eigenvalue weighted by Crippen LogP contribution is -2.48. The number of piperazine rings is 1. The zero-order chi connectivity index (χ0) is 22.0. The molecular formula is C19H23N7O3S2. The Bertz CT molecular complexity index is 1180. The van der Waals surface area contributed by atoms with Crippen LogP contribution in [-0.2, 0) is 21.4 Å². The Morgan fingerprint density at radius 1 is 1.13 bits per heavy atom. The Morgan fingerprint density at radius 3 is 2.55 bits per heavy atom. The summed E-state index contributed by atoms with van der Waals surface area (Å²) in [6.45, 7) is 5.45. The normalized spacial score (nSPS) is 15.2. The Hall–Kier alpha value is -2.83. The highest BCUT2D eigenvalue weighted by Gasteiger charge is 2.30. The van der Waals surface area contributed by atoms with Gasteiger partial charge in [-0.2, -0.15) is 4.31 Å². The fourth-order valence-corrected chi connectivity index (χ4v) is 6.22. The number of hydrogen-bond donors (Lipinski definition) is 1. The van der Waals surface area contributed by atoms with Crippen LogP contribution in [0, 0.1) is 6.92 Å². The number of nitrogens with zero attached hydrogens (tertiary/aromatic N) is 6. The van der Waals surface area contributed by atoms with Gasteiger partial charge in [0.1, 0.15) is 28.0 Å². The molecule has 0 unspecified atom stereocenters. The second-order valence-corrected chi connectivity index (χ2v) is 10.4. The van der Waals surface area contributed by atoms with E-state index < -0.39 is 10.0 Å². The summed E-state index contributed by atoms with van der Waals surface area (Å²) in [4.78, 5) is 26.8. The molecule has 0 aromatic carbocycles. The van der Waals surface area contributed by atoms with Crippen LogP contribution < -0.4 is 10.2 Å². The first-order valence-corrected chi connectivity index (χ1v) is 12.0. The molecule has 164 valence electrons. The van der Waals surface area contributed by atoms with E-state index in [1.54, 1.807) is 18.3 Å². The van der Waals surface area contributed by atoms with Crippen LogP contribution >= 0.6 is 11.3 Å². The number of amides is 1. The molecule has 1 fully saturated rings. The molecule has 1 N–H and O–H groups in total. The van der Waals surface area contributed by atoms with E-state index in [2.05, 4.69) is 25.2 Å². The van der Waals surface area contributed by atoms with Gasteiger partial charge in [-0.1, -0.05) is 0 Å². The van der Waals surface area contributed by atoms with Crippen molar-refractivity contribution in [2.45, 2.75) is 24.6 Å². The van der Waals surface area contributed by atoms with Gasteiger partial charge in [0.2, 0.25) is 5.91 Å². The monoisotopic (exact) mass is 461 g/mol. The van der Waals surface area contributed by atoms with Crippen LogP contribution in [0.2, 0.25) is 0 Å². The molecule has 1 saturated heterocycles. The number of carbonyl (C=O) groups is 1. The van der Waals surface area contributed by atoms with E-state index >= 15 is 0 Å². The maximum absolute atomic E-state index is 13.0. The third-order valence-electron chi connectivity index (χ3n) is 5.02. The van der Waals surface area contributed by atoms with E-state index in [1.165, 1.54) is 28.9 Å². The number of aromatic nitrogens is 4. The Labute approximate surface area is 184 Å². The molecule has 1 amide bonds. The molecule has 4 heterocycles. The summed E-state index contributed by atoms with van der Waals surface area (Å²) in [5.41, 5.74) is 0. The Balaban J connectivity index is 1.43. The van der Waals surface area contributed by atoms with Gasteiger partial charge in [0.05, 0.1) is 6.54 Å². The molecule has 0 bridgehead atoms. The quantitative estimate of drug-likeness (QED) is 0.586. The van der Waals surface area contributed by atoms with Crippen molar-refractivity contribution < 1.29 is 13.2 Å². The molecule has 3 aromatic heterocycles. The third kappa shape index (κ3) is 4.60. The predicted octanol–water partition coefficient (Wildman–Crippen LogP) is 1.18. The van der Waals surface area contributed by atoms with E-state index in [0.29, 0.717) is 36.9 Å². The standard InChI is InChI=1S/C19H23N7O3S2/c1-14-20-5-6-26(14)18-11-17(22-13-23-18)24-7-9-25(10-8-24)31(28,29)19-4-3-16(30-19)12-21-15(2)27/h3-6,11,13H,7-10,12H2,1-2H3,(H,21,27). The minimum atomic E-state index is -3.57. The van der Waals surface area contributed by atoms with Gasteiger partial charge in [0, 0.05) is 56.4 Å². The van der Waals surface area contributed by atoms with Gasteiger partial charge >= 0.3 is 0 Å². The smallest absolute Gasteiger partial charge is 0.252 e. The molecule has 0 saturated carbocycles. The van der Waals surface area contributed by atoms with E-state index in [9.17, 15) is 13.2 Å². The van der Waals surface area contributed by atoms with Crippen LogP contribution in [0.1, 0.15) is 17.6 Å². The lowest BCUT2D eigenvalue weighted by molar-refractivity contribution is -0.119. The average molecular weight is 462 g/mol. The highest BCUT2D eigenvalue weighted by Crippen LogP contribution is 2.26. The highest BCUT2D eigenvalue weighted by atomic mass is 32.2. The highest BCUT2D eigenvalue weighted by molar-refractivity contribution is 7.91. The number of imidazole rings is 1. The van der Waals surface area contributed by atoms with Crippen molar-refractivity contribution >= 4 is 33.1 Å². The molecule has 0 spiro atoms. The number of thiophene rings is 1.